The molecule has 0 saturated carbocycles. The van der Waals surface area contributed by atoms with Crippen LogP contribution in [0.4, 0.5) is 5.69 Å². The molecule has 1 aromatic rings. The van der Waals surface area contributed by atoms with Crippen LogP contribution in [0.25, 0.3) is 0 Å². The van der Waals surface area contributed by atoms with Gasteiger partial charge in [-0.25, -0.2) is 0 Å². The second kappa shape index (κ2) is 5.98. The lowest BCUT2D eigenvalue weighted by atomic mass is 10.2. The summed E-state index contributed by atoms with van der Waals surface area (Å²) in [6.07, 6.45) is 2.30. The normalized spacial score (nSPS) is 21.6. The lowest BCUT2D eigenvalue weighted by Crippen LogP contribution is -2.16. The molecular formula is C12H16BrNO2S. The summed E-state index contributed by atoms with van der Waals surface area (Å²) in [5, 5.41) is 0. The summed E-state index contributed by atoms with van der Waals surface area (Å²) in [5.74, 6) is 1.18. The Morgan fingerprint density at radius 3 is 2.94 bits per heavy atom. The maximum Gasteiger partial charge on any atom is 0.0691 e. The number of anilines is 1. The van der Waals surface area contributed by atoms with E-state index < -0.39 is 10.8 Å². The SMILES string of the molecule is Nc1cc(Br)cc(CS(=O)CC2CCCO2)c1. The molecule has 0 radical (unpaired) electrons. The Morgan fingerprint density at radius 1 is 1.47 bits per heavy atom. The summed E-state index contributed by atoms with van der Waals surface area (Å²) >= 11 is 3.39. The van der Waals surface area contributed by atoms with Crippen LogP contribution in [0.3, 0.4) is 0 Å². The Kier molecular flexibility index (Phi) is 4.59. The van der Waals surface area contributed by atoms with Gasteiger partial charge in [0.05, 0.1) is 11.9 Å². The van der Waals surface area contributed by atoms with Gasteiger partial charge in [0.25, 0.3) is 0 Å². The van der Waals surface area contributed by atoms with E-state index >= 15 is 0 Å². The molecule has 0 spiro atoms. The van der Waals surface area contributed by atoms with Gasteiger partial charge in [-0.15, -0.1) is 0 Å². The molecule has 17 heavy (non-hydrogen) atoms. The van der Waals surface area contributed by atoms with Gasteiger partial charge in [0.1, 0.15) is 0 Å². The van der Waals surface area contributed by atoms with Gasteiger partial charge >= 0.3 is 0 Å². The first-order valence-electron chi connectivity index (χ1n) is 5.65. The van der Waals surface area contributed by atoms with E-state index in [1.54, 1.807) is 0 Å². The van der Waals surface area contributed by atoms with Crippen LogP contribution < -0.4 is 5.73 Å². The minimum Gasteiger partial charge on any atom is -0.399 e. The lowest BCUT2D eigenvalue weighted by Gasteiger charge is -2.09. The summed E-state index contributed by atoms with van der Waals surface area (Å²) in [5.41, 5.74) is 7.45. The highest BCUT2D eigenvalue weighted by Crippen LogP contribution is 2.19. The number of benzene rings is 1. The third-order valence-electron chi connectivity index (χ3n) is 2.70. The molecule has 0 amide bonds. The van der Waals surface area contributed by atoms with Crippen LogP contribution in [-0.2, 0) is 21.3 Å². The maximum atomic E-state index is 12.0. The van der Waals surface area contributed by atoms with Gasteiger partial charge in [-0.1, -0.05) is 15.9 Å². The summed E-state index contributed by atoms with van der Waals surface area (Å²) in [6.45, 7) is 0.811. The highest BCUT2D eigenvalue weighted by molar-refractivity contribution is 9.10. The average Bonchev–Trinajstić information content (AvgIpc) is 2.67. The highest BCUT2D eigenvalue weighted by Gasteiger charge is 2.18. The number of ether oxygens (including phenoxy) is 1. The molecule has 2 atom stereocenters. The lowest BCUT2D eigenvalue weighted by molar-refractivity contribution is 0.128. The zero-order chi connectivity index (χ0) is 12.3. The summed E-state index contributed by atoms with van der Waals surface area (Å²) in [6, 6.07) is 5.68. The number of hydrogen-bond acceptors (Lipinski definition) is 3. The third-order valence-corrected chi connectivity index (χ3v) is 4.56. The molecule has 0 aliphatic carbocycles. The zero-order valence-corrected chi connectivity index (χ0v) is 11.9. The van der Waals surface area contributed by atoms with Crippen molar-refractivity contribution >= 4 is 32.4 Å². The van der Waals surface area contributed by atoms with E-state index in [2.05, 4.69) is 15.9 Å². The molecular weight excluding hydrogens is 302 g/mol. The largest absolute Gasteiger partial charge is 0.399 e. The Balaban J connectivity index is 1.92. The van der Waals surface area contributed by atoms with Gasteiger partial charge in [-0.3, -0.25) is 4.21 Å². The Morgan fingerprint density at radius 2 is 2.29 bits per heavy atom. The molecule has 94 valence electrons. The van der Waals surface area contributed by atoms with Crippen LogP contribution in [0.2, 0.25) is 0 Å². The van der Waals surface area contributed by atoms with Crippen LogP contribution in [0, 0.1) is 0 Å². The first kappa shape index (κ1) is 13.1. The second-order valence-corrected chi connectivity index (χ2v) is 6.70. The van der Waals surface area contributed by atoms with Gasteiger partial charge in [0.15, 0.2) is 0 Å². The van der Waals surface area contributed by atoms with Crippen molar-refractivity contribution in [1.29, 1.82) is 0 Å². The summed E-state index contributed by atoms with van der Waals surface area (Å²) < 4.78 is 18.4. The predicted molar refractivity (Wildman–Crippen MR) is 74.2 cm³/mol. The van der Waals surface area contributed by atoms with Gasteiger partial charge in [0.2, 0.25) is 0 Å². The Bertz CT molecular complexity index is 399. The average molecular weight is 318 g/mol. The highest BCUT2D eigenvalue weighted by atomic mass is 79.9. The number of nitrogen functional groups attached to an aromatic ring is 1. The van der Waals surface area contributed by atoms with Crippen molar-refractivity contribution in [3.8, 4) is 0 Å². The van der Waals surface area contributed by atoms with Crippen molar-refractivity contribution in [3.05, 3.63) is 28.2 Å². The fourth-order valence-corrected chi connectivity index (χ4v) is 3.88. The quantitative estimate of drug-likeness (QED) is 0.868. The molecule has 1 saturated heterocycles. The van der Waals surface area contributed by atoms with Gasteiger partial charge in [-0.05, 0) is 36.6 Å². The fraction of sp³-hybridized carbons (Fsp3) is 0.500. The van der Waals surface area contributed by atoms with Gasteiger partial charge in [0, 0.05) is 33.3 Å². The molecule has 2 unspecified atom stereocenters. The number of nitrogens with two attached hydrogens (primary N) is 1. The van der Waals surface area contributed by atoms with E-state index in [4.69, 9.17) is 10.5 Å². The topological polar surface area (TPSA) is 52.3 Å². The second-order valence-electron chi connectivity index (χ2n) is 4.28. The molecule has 1 aromatic carbocycles. The monoisotopic (exact) mass is 317 g/mol. The van der Waals surface area contributed by atoms with Crippen molar-refractivity contribution < 1.29 is 8.95 Å². The summed E-state index contributed by atoms with van der Waals surface area (Å²) in [7, 11) is -0.879. The Hall–Kier alpha value is -0.390. The predicted octanol–water partition coefficient (Wildman–Crippen LogP) is 2.46. The van der Waals surface area contributed by atoms with Crippen molar-refractivity contribution in [3.63, 3.8) is 0 Å². The number of hydrogen-bond donors (Lipinski definition) is 1. The molecule has 5 heteroatoms. The maximum absolute atomic E-state index is 12.0. The van der Waals surface area contributed by atoms with E-state index in [1.807, 2.05) is 18.2 Å². The molecule has 1 heterocycles. The van der Waals surface area contributed by atoms with Gasteiger partial charge in [-0.2, -0.15) is 0 Å². The van der Waals surface area contributed by atoms with E-state index in [-0.39, 0.29) is 6.10 Å². The molecule has 1 fully saturated rings. The summed E-state index contributed by atoms with van der Waals surface area (Å²) in [4.78, 5) is 0. The van der Waals surface area contributed by atoms with Crippen molar-refractivity contribution in [2.45, 2.75) is 24.7 Å². The smallest absolute Gasteiger partial charge is 0.0691 e. The number of halogens is 1. The molecule has 1 aliphatic heterocycles. The minimum atomic E-state index is -0.879. The van der Waals surface area contributed by atoms with Crippen molar-refractivity contribution in [1.82, 2.24) is 0 Å². The van der Waals surface area contributed by atoms with E-state index in [9.17, 15) is 4.21 Å². The van der Waals surface area contributed by atoms with Crippen LogP contribution in [0.5, 0.6) is 0 Å². The van der Waals surface area contributed by atoms with Crippen LogP contribution in [0.15, 0.2) is 22.7 Å². The fourth-order valence-electron chi connectivity index (χ4n) is 1.99. The van der Waals surface area contributed by atoms with Crippen LogP contribution in [-0.4, -0.2) is 22.7 Å². The van der Waals surface area contributed by atoms with Gasteiger partial charge < -0.3 is 10.5 Å². The molecule has 3 nitrogen and oxygen atoms in total. The molecule has 2 N–H and O–H groups in total. The van der Waals surface area contributed by atoms with E-state index in [1.165, 1.54) is 0 Å². The van der Waals surface area contributed by atoms with E-state index in [0.29, 0.717) is 17.2 Å². The van der Waals surface area contributed by atoms with Crippen LogP contribution in [0.1, 0.15) is 18.4 Å². The van der Waals surface area contributed by atoms with Crippen molar-refractivity contribution in [2.75, 3.05) is 18.1 Å². The molecule has 1 aliphatic rings. The van der Waals surface area contributed by atoms with Crippen molar-refractivity contribution in [2.24, 2.45) is 0 Å². The molecule has 0 aromatic heterocycles. The molecule has 0 bridgehead atoms. The zero-order valence-electron chi connectivity index (χ0n) is 9.52. The Labute approximate surface area is 112 Å². The first-order chi connectivity index (χ1) is 8.13. The first-order valence-corrected chi connectivity index (χ1v) is 7.93. The third kappa shape index (κ3) is 4.08. The van der Waals surface area contributed by atoms with Crippen LogP contribution >= 0.6 is 15.9 Å². The standard InChI is InChI=1S/C12H16BrNO2S/c13-10-4-9(5-11(14)6-10)7-17(15)8-12-2-1-3-16-12/h4-6,12H,1-3,7-8,14H2. The minimum absolute atomic E-state index is 0.181. The number of rotatable bonds is 4. The molecule has 2 rings (SSSR count). The van der Waals surface area contributed by atoms with E-state index in [0.717, 1.165) is 29.5 Å².